The predicted molar refractivity (Wildman–Crippen MR) is 105 cm³/mol. The Labute approximate surface area is 159 Å². The number of hydrazone groups is 1. The summed E-state index contributed by atoms with van der Waals surface area (Å²) in [6.45, 7) is 0. The van der Waals surface area contributed by atoms with Gasteiger partial charge in [-0.2, -0.15) is 5.10 Å². The molecule has 1 aromatic heterocycles. The zero-order valence-electron chi connectivity index (χ0n) is 14.6. The topological polar surface area (TPSA) is 98.9 Å². The highest BCUT2D eigenvalue weighted by molar-refractivity contribution is 7.14. The van der Waals surface area contributed by atoms with E-state index in [0.717, 1.165) is 11.3 Å². The highest BCUT2D eigenvalue weighted by Crippen LogP contribution is 2.34. The fourth-order valence-electron chi connectivity index (χ4n) is 2.38. The Hall–Kier alpha value is -3.46. The van der Waals surface area contributed by atoms with Gasteiger partial charge in [-0.1, -0.05) is 12.1 Å². The molecule has 8 nitrogen and oxygen atoms in total. The van der Waals surface area contributed by atoms with Crippen molar-refractivity contribution in [1.29, 1.82) is 0 Å². The van der Waals surface area contributed by atoms with Crippen molar-refractivity contribution in [2.75, 3.05) is 19.6 Å². The van der Waals surface area contributed by atoms with Crippen molar-refractivity contribution in [2.24, 2.45) is 5.10 Å². The molecule has 0 aliphatic heterocycles. The fourth-order valence-corrected chi connectivity index (χ4v) is 3.04. The fraction of sp³-hybridized carbons (Fsp3) is 0.111. The molecule has 0 unspecified atom stereocenters. The molecule has 0 aliphatic carbocycles. The molecule has 27 heavy (non-hydrogen) atoms. The molecule has 0 amide bonds. The minimum atomic E-state index is -0.446. The standard InChI is InChI=1S/C18H16N4O4S/c1-25-13-7-8-14(17(9-13)26-2)15-11-27-18(20-15)21-19-10-12-5-3-4-6-16(12)22(23)24/h3-11H,1-2H3,(H,20,21)/b19-10-. The van der Waals surface area contributed by atoms with E-state index in [1.807, 2.05) is 17.5 Å². The highest BCUT2D eigenvalue weighted by atomic mass is 32.1. The van der Waals surface area contributed by atoms with Crippen LogP contribution >= 0.6 is 11.3 Å². The third-order valence-electron chi connectivity index (χ3n) is 3.69. The Morgan fingerprint density at radius 2 is 2.04 bits per heavy atom. The van der Waals surface area contributed by atoms with E-state index in [4.69, 9.17) is 9.47 Å². The van der Waals surface area contributed by atoms with Crippen LogP contribution in [0.1, 0.15) is 5.56 Å². The molecule has 1 N–H and O–H groups in total. The van der Waals surface area contributed by atoms with Crippen molar-refractivity contribution in [3.63, 3.8) is 0 Å². The third kappa shape index (κ3) is 4.21. The van der Waals surface area contributed by atoms with E-state index in [1.54, 1.807) is 38.5 Å². The molecule has 9 heteroatoms. The van der Waals surface area contributed by atoms with Crippen LogP contribution in [-0.4, -0.2) is 30.3 Å². The molecule has 0 bridgehead atoms. The van der Waals surface area contributed by atoms with Crippen LogP contribution in [0.25, 0.3) is 11.3 Å². The number of hydrogen-bond acceptors (Lipinski definition) is 8. The number of aromatic nitrogens is 1. The number of nitro groups is 1. The van der Waals surface area contributed by atoms with Crippen molar-refractivity contribution in [3.8, 4) is 22.8 Å². The number of ether oxygens (including phenoxy) is 2. The van der Waals surface area contributed by atoms with Gasteiger partial charge in [-0.15, -0.1) is 11.3 Å². The van der Waals surface area contributed by atoms with Crippen molar-refractivity contribution in [2.45, 2.75) is 0 Å². The maximum atomic E-state index is 11.0. The van der Waals surface area contributed by atoms with Crippen molar-refractivity contribution in [3.05, 3.63) is 63.5 Å². The van der Waals surface area contributed by atoms with Gasteiger partial charge < -0.3 is 9.47 Å². The maximum absolute atomic E-state index is 11.0. The number of nitrogens with one attached hydrogen (secondary N) is 1. The smallest absolute Gasteiger partial charge is 0.278 e. The van der Waals surface area contributed by atoms with E-state index in [2.05, 4.69) is 15.5 Å². The quantitative estimate of drug-likeness (QED) is 0.373. The highest BCUT2D eigenvalue weighted by Gasteiger charge is 2.12. The van der Waals surface area contributed by atoms with Crippen LogP contribution in [0.2, 0.25) is 0 Å². The lowest BCUT2D eigenvalue weighted by molar-refractivity contribution is -0.385. The molecular weight excluding hydrogens is 368 g/mol. The van der Waals surface area contributed by atoms with E-state index < -0.39 is 4.92 Å². The second kappa shape index (κ2) is 8.28. The van der Waals surface area contributed by atoms with Crippen LogP contribution < -0.4 is 14.9 Å². The van der Waals surface area contributed by atoms with Crippen LogP contribution in [0.4, 0.5) is 10.8 Å². The first kappa shape index (κ1) is 18.3. The number of rotatable bonds is 7. The molecule has 138 valence electrons. The van der Waals surface area contributed by atoms with Gasteiger partial charge in [-0.25, -0.2) is 4.98 Å². The summed E-state index contributed by atoms with van der Waals surface area (Å²) in [6.07, 6.45) is 1.40. The molecule has 3 aromatic rings. The Morgan fingerprint density at radius 1 is 1.22 bits per heavy atom. The van der Waals surface area contributed by atoms with Crippen LogP contribution in [0.3, 0.4) is 0 Å². The Bertz CT molecular complexity index is 987. The zero-order valence-corrected chi connectivity index (χ0v) is 15.4. The molecule has 0 fully saturated rings. The van der Waals surface area contributed by atoms with E-state index in [1.165, 1.54) is 23.6 Å². The first-order valence-electron chi connectivity index (χ1n) is 7.83. The van der Waals surface area contributed by atoms with E-state index in [0.29, 0.717) is 22.2 Å². The molecule has 0 spiro atoms. The van der Waals surface area contributed by atoms with E-state index in [9.17, 15) is 10.1 Å². The van der Waals surface area contributed by atoms with Gasteiger partial charge in [0, 0.05) is 23.1 Å². The van der Waals surface area contributed by atoms with Gasteiger partial charge in [0.15, 0.2) is 0 Å². The molecule has 0 aliphatic rings. The number of benzene rings is 2. The minimum Gasteiger partial charge on any atom is -0.497 e. The summed E-state index contributed by atoms with van der Waals surface area (Å²) in [5.74, 6) is 1.34. The molecule has 1 heterocycles. The summed E-state index contributed by atoms with van der Waals surface area (Å²) in [7, 11) is 3.18. The van der Waals surface area contributed by atoms with E-state index in [-0.39, 0.29) is 5.69 Å². The SMILES string of the molecule is COc1ccc(-c2csc(N/N=C\c3ccccc3[N+](=O)[O-])n2)c(OC)c1. The van der Waals surface area contributed by atoms with Gasteiger partial charge in [0.05, 0.1) is 36.6 Å². The summed E-state index contributed by atoms with van der Waals surface area (Å²) in [4.78, 5) is 15.0. The first-order chi connectivity index (χ1) is 13.1. The zero-order chi connectivity index (χ0) is 19.2. The summed E-state index contributed by atoms with van der Waals surface area (Å²) in [5.41, 5.74) is 4.75. The molecule has 0 saturated heterocycles. The van der Waals surface area contributed by atoms with Gasteiger partial charge in [0.1, 0.15) is 11.5 Å². The minimum absolute atomic E-state index is 0.00847. The molecule has 2 aromatic carbocycles. The van der Waals surface area contributed by atoms with Crippen LogP contribution in [0.5, 0.6) is 11.5 Å². The number of para-hydroxylation sites is 1. The Balaban J connectivity index is 1.77. The number of nitro benzene ring substituents is 1. The average Bonchev–Trinajstić information content (AvgIpc) is 3.16. The number of nitrogens with zero attached hydrogens (tertiary/aromatic N) is 3. The number of methoxy groups -OCH3 is 2. The number of hydrogen-bond donors (Lipinski definition) is 1. The molecule has 0 radical (unpaired) electrons. The second-order valence-electron chi connectivity index (χ2n) is 5.29. The van der Waals surface area contributed by atoms with Gasteiger partial charge in [0.25, 0.3) is 5.69 Å². The van der Waals surface area contributed by atoms with Crippen molar-refractivity contribution >= 4 is 28.4 Å². The molecule has 0 atom stereocenters. The van der Waals surface area contributed by atoms with Gasteiger partial charge in [0.2, 0.25) is 5.13 Å². The second-order valence-corrected chi connectivity index (χ2v) is 6.15. The van der Waals surface area contributed by atoms with Gasteiger partial charge >= 0.3 is 0 Å². The molecule has 0 saturated carbocycles. The average molecular weight is 384 g/mol. The lowest BCUT2D eigenvalue weighted by Gasteiger charge is -2.08. The maximum Gasteiger partial charge on any atom is 0.278 e. The van der Waals surface area contributed by atoms with E-state index >= 15 is 0 Å². The van der Waals surface area contributed by atoms with Crippen molar-refractivity contribution in [1.82, 2.24) is 4.98 Å². The largest absolute Gasteiger partial charge is 0.497 e. The lowest BCUT2D eigenvalue weighted by atomic mass is 10.1. The lowest BCUT2D eigenvalue weighted by Crippen LogP contribution is -1.96. The van der Waals surface area contributed by atoms with Crippen molar-refractivity contribution < 1.29 is 14.4 Å². The van der Waals surface area contributed by atoms with Crippen LogP contribution in [0, 0.1) is 10.1 Å². The number of thiazole rings is 1. The van der Waals surface area contributed by atoms with Crippen LogP contribution in [0.15, 0.2) is 52.9 Å². The molecular formula is C18H16N4O4S. The van der Waals surface area contributed by atoms with Gasteiger partial charge in [-0.05, 0) is 18.2 Å². The molecule has 3 rings (SSSR count). The normalized spacial score (nSPS) is 10.7. The van der Waals surface area contributed by atoms with Crippen LogP contribution in [-0.2, 0) is 0 Å². The number of anilines is 1. The predicted octanol–water partition coefficient (Wildman–Crippen LogP) is 4.18. The summed E-state index contributed by atoms with van der Waals surface area (Å²) >= 11 is 1.36. The summed E-state index contributed by atoms with van der Waals surface area (Å²) in [6, 6.07) is 11.9. The van der Waals surface area contributed by atoms with Gasteiger partial charge in [-0.3, -0.25) is 15.5 Å². The summed E-state index contributed by atoms with van der Waals surface area (Å²) < 4.78 is 10.6. The Morgan fingerprint density at radius 3 is 2.78 bits per heavy atom. The monoisotopic (exact) mass is 384 g/mol. The Kier molecular flexibility index (Phi) is 5.62. The summed E-state index contributed by atoms with van der Waals surface area (Å²) in [5, 5.41) is 17.5. The first-order valence-corrected chi connectivity index (χ1v) is 8.70. The third-order valence-corrected chi connectivity index (χ3v) is 4.43.